The lowest BCUT2D eigenvalue weighted by Gasteiger charge is -2.24. The summed E-state index contributed by atoms with van der Waals surface area (Å²) in [7, 11) is 1.81. The van der Waals surface area contributed by atoms with Crippen molar-refractivity contribution in [2.45, 2.75) is 32.4 Å². The number of benzene rings is 1. The molecule has 26 heavy (non-hydrogen) atoms. The first-order valence-corrected chi connectivity index (χ1v) is 8.65. The Hall–Kier alpha value is -1.27. The highest BCUT2D eigenvalue weighted by Crippen LogP contribution is 2.23. The van der Waals surface area contributed by atoms with Crippen LogP contribution in [0, 0.1) is 5.92 Å². The Kier molecular flexibility index (Phi) is 8.41. The third-order valence-corrected chi connectivity index (χ3v) is 4.97. The molecule has 1 amide bonds. The van der Waals surface area contributed by atoms with Crippen LogP contribution in [-0.4, -0.2) is 43.0 Å². The van der Waals surface area contributed by atoms with Crippen molar-refractivity contribution in [3.63, 3.8) is 0 Å². The van der Waals surface area contributed by atoms with E-state index < -0.39 is 5.54 Å². The second-order valence-corrected chi connectivity index (χ2v) is 7.23. The third kappa shape index (κ3) is 5.36. The molecule has 146 valence electrons. The predicted molar refractivity (Wildman–Crippen MR) is 110 cm³/mol. The van der Waals surface area contributed by atoms with Crippen LogP contribution in [0.1, 0.15) is 26.0 Å². The van der Waals surface area contributed by atoms with Crippen LogP contribution in [0.2, 0.25) is 0 Å². The van der Waals surface area contributed by atoms with Gasteiger partial charge in [-0.2, -0.15) is 0 Å². The number of likely N-dealkylation sites (tertiary alicyclic amines) is 1. The number of carbonyl (C=O) groups is 1. The number of nitrogens with one attached hydrogen (secondary N) is 2. The van der Waals surface area contributed by atoms with Crippen LogP contribution < -0.4 is 10.6 Å². The Morgan fingerprint density at radius 2 is 2.04 bits per heavy atom. The van der Waals surface area contributed by atoms with Crippen LogP contribution in [-0.2, 0) is 11.3 Å². The maximum Gasteiger partial charge on any atom is 0.239 e. The number of hydrogen-bond donors (Lipinski definition) is 2. The summed E-state index contributed by atoms with van der Waals surface area (Å²) in [5.41, 5.74) is 0.428. The van der Waals surface area contributed by atoms with Crippen molar-refractivity contribution in [2.75, 3.05) is 26.7 Å². The van der Waals surface area contributed by atoms with Crippen molar-refractivity contribution in [1.29, 1.82) is 0 Å². The standard InChI is InChI=1S/C19H27N3O2.2ClH/c1-19(2,20-3)18(23)21-11-14-8-9-22(12-14)13-16-10-15-6-4-5-7-17(15)24-16;;/h4-7,10,14,20H,8-9,11-13H2,1-3H3,(H,21,23);2*1H. The van der Waals surface area contributed by atoms with E-state index >= 15 is 0 Å². The number of furan rings is 1. The fraction of sp³-hybridized carbons (Fsp3) is 0.526. The Morgan fingerprint density at radius 1 is 1.31 bits per heavy atom. The molecule has 0 bridgehead atoms. The largest absolute Gasteiger partial charge is 0.460 e. The molecule has 5 nitrogen and oxygen atoms in total. The molecular formula is C19H29Cl2N3O2. The summed E-state index contributed by atoms with van der Waals surface area (Å²) in [5.74, 6) is 1.57. The van der Waals surface area contributed by atoms with Crippen molar-refractivity contribution in [2.24, 2.45) is 5.92 Å². The monoisotopic (exact) mass is 401 g/mol. The first-order valence-electron chi connectivity index (χ1n) is 8.65. The van der Waals surface area contributed by atoms with Crippen molar-refractivity contribution >= 4 is 41.7 Å². The van der Waals surface area contributed by atoms with Crippen LogP contribution in [0.4, 0.5) is 0 Å². The van der Waals surface area contributed by atoms with Gasteiger partial charge in [0.2, 0.25) is 5.91 Å². The topological polar surface area (TPSA) is 57.5 Å². The van der Waals surface area contributed by atoms with Gasteiger partial charge < -0.3 is 15.1 Å². The molecule has 1 aliphatic heterocycles. The van der Waals surface area contributed by atoms with E-state index in [1.54, 1.807) is 0 Å². The van der Waals surface area contributed by atoms with Gasteiger partial charge >= 0.3 is 0 Å². The number of rotatable bonds is 6. The quantitative estimate of drug-likeness (QED) is 0.779. The summed E-state index contributed by atoms with van der Waals surface area (Å²) in [4.78, 5) is 14.5. The predicted octanol–water partition coefficient (Wildman–Crippen LogP) is 3.21. The summed E-state index contributed by atoms with van der Waals surface area (Å²) in [6.07, 6.45) is 1.11. The van der Waals surface area contributed by atoms with Gasteiger partial charge in [-0.15, -0.1) is 24.8 Å². The van der Waals surface area contributed by atoms with Crippen LogP contribution >= 0.6 is 24.8 Å². The number of para-hydroxylation sites is 1. The maximum atomic E-state index is 12.1. The fourth-order valence-electron chi connectivity index (χ4n) is 3.13. The smallest absolute Gasteiger partial charge is 0.239 e. The van der Waals surface area contributed by atoms with E-state index in [4.69, 9.17) is 4.42 Å². The average molecular weight is 402 g/mol. The van der Waals surface area contributed by atoms with E-state index in [-0.39, 0.29) is 30.7 Å². The molecular weight excluding hydrogens is 373 g/mol. The molecule has 0 radical (unpaired) electrons. The summed E-state index contributed by atoms with van der Waals surface area (Å²) in [6, 6.07) is 10.2. The Morgan fingerprint density at radius 3 is 2.73 bits per heavy atom. The SMILES string of the molecule is CNC(C)(C)C(=O)NCC1CCN(Cc2cc3ccccc3o2)C1.Cl.Cl. The van der Waals surface area contributed by atoms with E-state index in [0.717, 1.165) is 49.3 Å². The molecule has 1 saturated heterocycles. The van der Waals surface area contributed by atoms with Gasteiger partial charge in [0.15, 0.2) is 0 Å². The van der Waals surface area contributed by atoms with Crippen molar-refractivity contribution < 1.29 is 9.21 Å². The van der Waals surface area contributed by atoms with Crippen LogP contribution in [0.3, 0.4) is 0 Å². The van der Waals surface area contributed by atoms with Gasteiger partial charge in [-0.3, -0.25) is 9.69 Å². The van der Waals surface area contributed by atoms with Crippen molar-refractivity contribution in [3.05, 3.63) is 36.1 Å². The minimum Gasteiger partial charge on any atom is -0.460 e. The van der Waals surface area contributed by atoms with Gasteiger partial charge in [-0.1, -0.05) is 18.2 Å². The summed E-state index contributed by atoms with van der Waals surface area (Å²) in [5, 5.41) is 7.26. The van der Waals surface area contributed by atoms with Crippen LogP contribution in [0.5, 0.6) is 0 Å². The molecule has 1 unspecified atom stereocenters. The van der Waals surface area contributed by atoms with Gasteiger partial charge in [-0.25, -0.2) is 0 Å². The molecule has 1 atom stereocenters. The van der Waals surface area contributed by atoms with E-state index in [2.05, 4.69) is 27.7 Å². The average Bonchev–Trinajstić information content (AvgIpc) is 3.18. The molecule has 3 rings (SSSR count). The number of halogens is 2. The van der Waals surface area contributed by atoms with Crippen LogP contribution in [0.25, 0.3) is 11.0 Å². The lowest BCUT2D eigenvalue weighted by Crippen LogP contribution is -2.52. The second kappa shape index (κ2) is 9.60. The summed E-state index contributed by atoms with van der Waals surface area (Å²) < 4.78 is 5.90. The lowest BCUT2D eigenvalue weighted by molar-refractivity contribution is -0.126. The normalized spacial score (nSPS) is 17.6. The third-order valence-electron chi connectivity index (χ3n) is 4.97. The lowest BCUT2D eigenvalue weighted by atomic mass is 10.0. The molecule has 1 aliphatic rings. The number of carbonyl (C=O) groups excluding carboxylic acids is 1. The number of fused-ring (bicyclic) bond motifs is 1. The number of amides is 1. The molecule has 0 spiro atoms. The molecule has 1 fully saturated rings. The summed E-state index contributed by atoms with van der Waals surface area (Å²) >= 11 is 0. The Balaban J connectivity index is 0.00000169. The molecule has 0 aliphatic carbocycles. The Labute approximate surface area is 167 Å². The number of hydrogen-bond acceptors (Lipinski definition) is 4. The molecule has 2 N–H and O–H groups in total. The fourth-order valence-corrected chi connectivity index (χ4v) is 3.13. The van der Waals surface area contributed by atoms with Crippen molar-refractivity contribution in [3.8, 4) is 0 Å². The highest BCUT2D eigenvalue weighted by Gasteiger charge is 2.28. The van der Waals surface area contributed by atoms with E-state index in [1.807, 2.05) is 39.1 Å². The molecule has 1 aromatic carbocycles. The molecule has 2 heterocycles. The van der Waals surface area contributed by atoms with Gasteiger partial charge in [0.05, 0.1) is 12.1 Å². The summed E-state index contributed by atoms with van der Waals surface area (Å²) in [6.45, 7) is 7.40. The molecule has 2 aromatic rings. The highest BCUT2D eigenvalue weighted by atomic mass is 35.5. The van der Waals surface area contributed by atoms with Gasteiger partial charge in [-0.05, 0) is 51.9 Å². The van der Waals surface area contributed by atoms with Gasteiger partial charge in [0.1, 0.15) is 11.3 Å². The highest BCUT2D eigenvalue weighted by molar-refractivity contribution is 5.86. The van der Waals surface area contributed by atoms with Crippen molar-refractivity contribution in [1.82, 2.24) is 15.5 Å². The molecule has 1 aromatic heterocycles. The first-order chi connectivity index (χ1) is 11.5. The van der Waals surface area contributed by atoms with E-state index in [0.29, 0.717) is 5.92 Å². The number of likely N-dealkylation sites (N-methyl/N-ethyl adjacent to an activating group) is 1. The second-order valence-electron chi connectivity index (χ2n) is 7.23. The number of nitrogens with zero attached hydrogens (tertiary/aromatic N) is 1. The minimum atomic E-state index is -0.521. The minimum absolute atomic E-state index is 0. The zero-order valence-corrected chi connectivity index (χ0v) is 17.2. The molecule has 0 saturated carbocycles. The van der Waals surface area contributed by atoms with E-state index in [9.17, 15) is 4.79 Å². The first kappa shape index (κ1) is 22.8. The zero-order chi connectivity index (χ0) is 17.2. The Bertz CT molecular complexity index is 685. The van der Waals surface area contributed by atoms with Gasteiger partial charge in [0.25, 0.3) is 0 Å². The van der Waals surface area contributed by atoms with E-state index in [1.165, 1.54) is 0 Å². The molecule has 7 heteroatoms. The zero-order valence-electron chi connectivity index (χ0n) is 15.6. The maximum absolute atomic E-state index is 12.1. The van der Waals surface area contributed by atoms with Gasteiger partial charge in [0, 0.05) is 18.5 Å². The van der Waals surface area contributed by atoms with Crippen LogP contribution in [0.15, 0.2) is 34.7 Å².